The van der Waals surface area contributed by atoms with Crippen LogP contribution in [0.15, 0.2) is 4.99 Å². The summed E-state index contributed by atoms with van der Waals surface area (Å²) >= 11 is 0. The molecule has 3 nitrogen and oxygen atoms in total. The number of guanidine groups is 1. The van der Waals surface area contributed by atoms with E-state index in [-0.39, 0.29) is 0 Å². The van der Waals surface area contributed by atoms with E-state index in [1.807, 2.05) is 6.92 Å². The molecule has 0 heterocycles. The maximum absolute atomic E-state index is 5.95. The standard InChI is InChI=1S/C11H23N3/c1-3-13-11(12)14(4-2)10-8-6-5-7-9-10/h10H,3-9H2,1-2H3,(H2,12,13). The molecule has 0 amide bonds. The predicted octanol–water partition coefficient (Wildman–Crippen LogP) is 1.98. The van der Waals surface area contributed by atoms with E-state index in [0.29, 0.717) is 6.04 Å². The van der Waals surface area contributed by atoms with Crippen LogP contribution < -0.4 is 5.73 Å². The molecule has 0 aromatic carbocycles. The highest BCUT2D eigenvalue weighted by molar-refractivity contribution is 5.78. The second-order valence-corrected chi connectivity index (χ2v) is 3.91. The third kappa shape index (κ3) is 2.89. The van der Waals surface area contributed by atoms with Gasteiger partial charge in [-0.1, -0.05) is 19.3 Å². The number of hydrogen-bond donors (Lipinski definition) is 1. The smallest absolute Gasteiger partial charge is 0.191 e. The fourth-order valence-corrected chi connectivity index (χ4v) is 2.25. The Balaban J connectivity index is 2.55. The van der Waals surface area contributed by atoms with Crippen LogP contribution in [0.25, 0.3) is 0 Å². The Morgan fingerprint density at radius 2 is 1.93 bits per heavy atom. The quantitative estimate of drug-likeness (QED) is 0.555. The van der Waals surface area contributed by atoms with Gasteiger partial charge in [0.05, 0.1) is 0 Å². The monoisotopic (exact) mass is 197 g/mol. The van der Waals surface area contributed by atoms with E-state index in [1.54, 1.807) is 0 Å². The first-order valence-corrected chi connectivity index (χ1v) is 5.86. The number of nitrogens with zero attached hydrogens (tertiary/aromatic N) is 2. The first-order valence-electron chi connectivity index (χ1n) is 5.86. The van der Waals surface area contributed by atoms with Crippen molar-refractivity contribution in [1.29, 1.82) is 0 Å². The van der Waals surface area contributed by atoms with Crippen molar-refractivity contribution in [2.24, 2.45) is 10.7 Å². The normalized spacial score (nSPS) is 19.7. The van der Waals surface area contributed by atoms with Crippen LogP contribution in [0.1, 0.15) is 46.0 Å². The van der Waals surface area contributed by atoms with E-state index in [9.17, 15) is 0 Å². The van der Waals surface area contributed by atoms with Crippen molar-refractivity contribution in [2.75, 3.05) is 13.1 Å². The second kappa shape index (κ2) is 5.89. The van der Waals surface area contributed by atoms with Crippen molar-refractivity contribution in [3.05, 3.63) is 0 Å². The van der Waals surface area contributed by atoms with E-state index in [0.717, 1.165) is 19.0 Å². The molecule has 82 valence electrons. The molecule has 0 spiro atoms. The first kappa shape index (κ1) is 11.3. The SMILES string of the molecule is CCN=C(N)N(CC)C1CCCCC1. The maximum atomic E-state index is 5.95. The van der Waals surface area contributed by atoms with E-state index >= 15 is 0 Å². The highest BCUT2D eigenvalue weighted by atomic mass is 15.3. The minimum Gasteiger partial charge on any atom is -0.370 e. The number of nitrogens with two attached hydrogens (primary N) is 1. The summed E-state index contributed by atoms with van der Waals surface area (Å²) in [6, 6.07) is 0.643. The van der Waals surface area contributed by atoms with Gasteiger partial charge in [0.2, 0.25) is 0 Å². The molecule has 1 aliphatic carbocycles. The van der Waals surface area contributed by atoms with Crippen molar-refractivity contribution >= 4 is 5.96 Å². The lowest BCUT2D eigenvalue weighted by Gasteiger charge is -2.34. The zero-order valence-electron chi connectivity index (χ0n) is 9.50. The molecule has 0 aromatic rings. The summed E-state index contributed by atoms with van der Waals surface area (Å²) in [6.07, 6.45) is 6.65. The Morgan fingerprint density at radius 1 is 1.29 bits per heavy atom. The van der Waals surface area contributed by atoms with Gasteiger partial charge in [-0.2, -0.15) is 0 Å². The Hall–Kier alpha value is -0.730. The predicted molar refractivity (Wildman–Crippen MR) is 61.4 cm³/mol. The van der Waals surface area contributed by atoms with Crippen molar-refractivity contribution in [3.8, 4) is 0 Å². The Bertz CT molecular complexity index is 183. The number of aliphatic imine (C=N–C) groups is 1. The molecular formula is C11H23N3. The maximum Gasteiger partial charge on any atom is 0.191 e. The van der Waals surface area contributed by atoms with Gasteiger partial charge in [0.25, 0.3) is 0 Å². The van der Waals surface area contributed by atoms with Crippen LogP contribution in [0.3, 0.4) is 0 Å². The Labute approximate surface area is 87.4 Å². The van der Waals surface area contributed by atoms with Crippen LogP contribution in [-0.2, 0) is 0 Å². The molecule has 1 aliphatic rings. The average Bonchev–Trinajstić information content (AvgIpc) is 2.21. The van der Waals surface area contributed by atoms with E-state index in [1.165, 1.54) is 32.1 Å². The van der Waals surface area contributed by atoms with Crippen LogP contribution in [0.4, 0.5) is 0 Å². The minimum atomic E-state index is 0.643. The van der Waals surface area contributed by atoms with Gasteiger partial charge in [0, 0.05) is 19.1 Å². The molecule has 1 fully saturated rings. The molecule has 0 aliphatic heterocycles. The largest absolute Gasteiger partial charge is 0.370 e. The number of rotatable bonds is 3. The molecule has 1 rings (SSSR count). The zero-order valence-corrected chi connectivity index (χ0v) is 9.50. The molecule has 1 saturated carbocycles. The third-order valence-corrected chi connectivity index (χ3v) is 2.97. The molecule has 0 aromatic heterocycles. The summed E-state index contributed by atoms with van der Waals surface area (Å²) < 4.78 is 0. The molecule has 14 heavy (non-hydrogen) atoms. The summed E-state index contributed by atoms with van der Waals surface area (Å²) in [5.74, 6) is 0.738. The van der Waals surface area contributed by atoms with Gasteiger partial charge in [-0.3, -0.25) is 4.99 Å². The fraction of sp³-hybridized carbons (Fsp3) is 0.909. The molecular weight excluding hydrogens is 174 g/mol. The third-order valence-electron chi connectivity index (χ3n) is 2.97. The van der Waals surface area contributed by atoms with Gasteiger partial charge < -0.3 is 10.6 Å². The second-order valence-electron chi connectivity index (χ2n) is 3.91. The Morgan fingerprint density at radius 3 is 2.43 bits per heavy atom. The molecule has 0 unspecified atom stereocenters. The molecule has 0 radical (unpaired) electrons. The lowest BCUT2D eigenvalue weighted by molar-refractivity contribution is 0.249. The fourth-order valence-electron chi connectivity index (χ4n) is 2.25. The van der Waals surface area contributed by atoms with Gasteiger partial charge in [0.1, 0.15) is 0 Å². The van der Waals surface area contributed by atoms with Crippen LogP contribution >= 0.6 is 0 Å². The summed E-state index contributed by atoms with van der Waals surface area (Å²) in [6.45, 7) is 5.96. The van der Waals surface area contributed by atoms with E-state index in [4.69, 9.17) is 5.73 Å². The lowest BCUT2D eigenvalue weighted by atomic mass is 9.94. The van der Waals surface area contributed by atoms with Gasteiger partial charge in [-0.25, -0.2) is 0 Å². The molecule has 0 bridgehead atoms. The van der Waals surface area contributed by atoms with Gasteiger partial charge in [0.15, 0.2) is 5.96 Å². The minimum absolute atomic E-state index is 0.643. The van der Waals surface area contributed by atoms with Crippen LogP contribution in [-0.4, -0.2) is 30.0 Å². The Kier molecular flexibility index (Phi) is 4.77. The molecule has 2 N–H and O–H groups in total. The van der Waals surface area contributed by atoms with Crippen LogP contribution in [0, 0.1) is 0 Å². The van der Waals surface area contributed by atoms with Crippen molar-refractivity contribution in [3.63, 3.8) is 0 Å². The van der Waals surface area contributed by atoms with Gasteiger partial charge in [-0.05, 0) is 26.7 Å². The van der Waals surface area contributed by atoms with Gasteiger partial charge in [-0.15, -0.1) is 0 Å². The van der Waals surface area contributed by atoms with Crippen LogP contribution in [0.5, 0.6) is 0 Å². The van der Waals surface area contributed by atoms with Crippen molar-refractivity contribution in [1.82, 2.24) is 4.90 Å². The topological polar surface area (TPSA) is 41.6 Å². The molecule has 0 atom stereocenters. The summed E-state index contributed by atoms with van der Waals surface area (Å²) in [7, 11) is 0. The zero-order chi connectivity index (χ0) is 10.4. The summed E-state index contributed by atoms with van der Waals surface area (Å²) in [4.78, 5) is 6.56. The van der Waals surface area contributed by atoms with Gasteiger partial charge >= 0.3 is 0 Å². The molecule has 0 saturated heterocycles. The van der Waals surface area contributed by atoms with Crippen LogP contribution in [0.2, 0.25) is 0 Å². The highest BCUT2D eigenvalue weighted by Crippen LogP contribution is 2.22. The average molecular weight is 197 g/mol. The summed E-state index contributed by atoms with van der Waals surface area (Å²) in [5.41, 5.74) is 5.95. The highest BCUT2D eigenvalue weighted by Gasteiger charge is 2.20. The number of hydrogen-bond acceptors (Lipinski definition) is 1. The summed E-state index contributed by atoms with van der Waals surface area (Å²) in [5, 5.41) is 0. The van der Waals surface area contributed by atoms with Crippen molar-refractivity contribution in [2.45, 2.75) is 52.0 Å². The molecule has 3 heteroatoms. The lowest BCUT2D eigenvalue weighted by Crippen LogP contribution is -2.45. The van der Waals surface area contributed by atoms with E-state index < -0.39 is 0 Å². The first-order chi connectivity index (χ1) is 6.79. The van der Waals surface area contributed by atoms with Crippen molar-refractivity contribution < 1.29 is 0 Å². The van der Waals surface area contributed by atoms with E-state index in [2.05, 4.69) is 16.8 Å².